The van der Waals surface area contributed by atoms with Crippen molar-refractivity contribution in [2.24, 2.45) is 5.92 Å². The maximum atomic E-state index is 12.7. The summed E-state index contributed by atoms with van der Waals surface area (Å²) in [4.78, 5) is 11.5. The third-order valence-electron chi connectivity index (χ3n) is 6.96. The predicted octanol–water partition coefficient (Wildman–Crippen LogP) is 6.61. The van der Waals surface area contributed by atoms with Gasteiger partial charge in [0, 0.05) is 25.5 Å². The summed E-state index contributed by atoms with van der Waals surface area (Å²) in [5.74, 6) is 2.82. The minimum Gasteiger partial charge on any atom is -0.460 e. The van der Waals surface area contributed by atoms with Crippen molar-refractivity contribution in [1.29, 1.82) is 0 Å². The number of furan rings is 1. The molecule has 2 N–H and O–H groups in total. The summed E-state index contributed by atoms with van der Waals surface area (Å²) in [6.07, 6.45) is -0.560. The Morgan fingerprint density at radius 1 is 0.949 bits per heavy atom. The maximum Gasteiger partial charge on any atom is 0.573 e. The van der Waals surface area contributed by atoms with Gasteiger partial charge < -0.3 is 24.7 Å². The molecule has 1 fully saturated rings. The number of halogens is 3. The first-order valence-electron chi connectivity index (χ1n) is 13.1. The summed E-state index contributed by atoms with van der Waals surface area (Å²) < 4.78 is 48.2. The second-order valence-electron chi connectivity index (χ2n) is 10.1. The molecular formula is C29H32F3N5O2. The number of alkyl halides is 3. The van der Waals surface area contributed by atoms with E-state index in [1.54, 1.807) is 24.3 Å². The van der Waals surface area contributed by atoms with E-state index >= 15 is 0 Å². The van der Waals surface area contributed by atoms with Crippen LogP contribution in [0, 0.1) is 5.92 Å². The number of ether oxygens (including phenoxy) is 1. The third-order valence-corrected chi connectivity index (χ3v) is 6.96. The molecule has 1 saturated carbocycles. The Kier molecular flexibility index (Phi) is 7.92. The Morgan fingerprint density at radius 2 is 1.69 bits per heavy atom. The Morgan fingerprint density at radius 3 is 2.46 bits per heavy atom. The molecule has 2 aromatic carbocycles. The van der Waals surface area contributed by atoms with Crippen LogP contribution in [0.3, 0.4) is 0 Å². The van der Waals surface area contributed by atoms with Crippen LogP contribution in [-0.2, 0) is 6.54 Å². The van der Waals surface area contributed by atoms with E-state index in [1.807, 2.05) is 43.3 Å². The zero-order valence-electron chi connectivity index (χ0n) is 22.0. The van der Waals surface area contributed by atoms with Crippen molar-refractivity contribution in [3.8, 4) is 17.1 Å². The minimum absolute atomic E-state index is 0.264. The van der Waals surface area contributed by atoms with Crippen molar-refractivity contribution < 1.29 is 22.3 Å². The molecule has 2 aromatic heterocycles. The van der Waals surface area contributed by atoms with Gasteiger partial charge in [-0.3, -0.25) is 0 Å². The summed E-state index contributed by atoms with van der Waals surface area (Å²) in [7, 11) is 3.98. The summed E-state index contributed by atoms with van der Waals surface area (Å²) in [5, 5.41) is 8.01. The number of hydrogen-bond donors (Lipinski definition) is 2. The first kappa shape index (κ1) is 26.8. The lowest BCUT2D eigenvalue weighted by atomic mass is 9.86. The number of para-hydroxylation sites is 2. The van der Waals surface area contributed by atoms with Gasteiger partial charge >= 0.3 is 6.36 Å². The van der Waals surface area contributed by atoms with Gasteiger partial charge in [0.2, 0.25) is 5.95 Å². The number of nitrogens with zero attached hydrogens (tertiary/aromatic N) is 3. The predicted molar refractivity (Wildman–Crippen MR) is 146 cm³/mol. The average Bonchev–Trinajstić information content (AvgIpc) is 3.37. The van der Waals surface area contributed by atoms with Crippen LogP contribution in [-0.4, -0.2) is 43.0 Å². The first-order chi connectivity index (χ1) is 18.7. The molecule has 0 unspecified atom stereocenters. The first-order valence-corrected chi connectivity index (χ1v) is 13.1. The molecule has 7 nitrogen and oxygen atoms in total. The number of fused-ring (bicyclic) bond motifs is 1. The molecule has 39 heavy (non-hydrogen) atoms. The highest BCUT2D eigenvalue weighted by molar-refractivity contribution is 5.90. The van der Waals surface area contributed by atoms with E-state index in [0.29, 0.717) is 36.0 Å². The third kappa shape index (κ3) is 6.81. The van der Waals surface area contributed by atoms with Crippen molar-refractivity contribution >= 4 is 22.7 Å². The largest absolute Gasteiger partial charge is 0.573 e. The standard InChI is InChI=1S/C29H32F3N5O2/c1-37(2)27-22-7-3-5-9-24(22)35-28(36-27)34-20-13-11-19(12-14-20)17-33-18-21-15-16-25(38-21)23-8-4-6-10-26(23)39-29(30,31)32/h3-10,15-16,19-20,33H,11-14,17-18H2,1-2H3,(H,34,35,36). The highest BCUT2D eigenvalue weighted by Crippen LogP contribution is 2.35. The summed E-state index contributed by atoms with van der Waals surface area (Å²) in [6, 6.07) is 17.8. The fourth-order valence-electron chi connectivity index (χ4n) is 5.06. The smallest absolute Gasteiger partial charge is 0.460 e. The second-order valence-corrected chi connectivity index (χ2v) is 10.1. The van der Waals surface area contributed by atoms with E-state index in [1.165, 1.54) is 12.1 Å². The topological polar surface area (TPSA) is 75.5 Å². The van der Waals surface area contributed by atoms with Crippen LogP contribution in [0.5, 0.6) is 5.75 Å². The van der Waals surface area contributed by atoms with Gasteiger partial charge in [0.1, 0.15) is 23.1 Å². The second kappa shape index (κ2) is 11.5. The van der Waals surface area contributed by atoms with E-state index in [4.69, 9.17) is 14.4 Å². The quantitative estimate of drug-likeness (QED) is 0.248. The fourth-order valence-corrected chi connectivity index (χ4v) is 5.06. The van der Waals surface area contributed by atoms with Gasteiger partial charge in [-0.25, -0.2) is 4.98 Å². The van der Waals surface area contributed by atoms with Crippen LogP contribution < -0.4 is 20.3 Å². The Hall–Kier alpha value is -3.79. The van der Waals surface area contributed by atoms with Gasteiger partial charge in [0.15, 0.2) is 0 Å². The Bertz CT molecular complexity index is 1400. The number of rotatable bonds is 9. The summed E-state index contributed by atoms with van der Waals surface area (Å²) >= 11 is 0. The number of anilines is 2. The van der Waals surface area contributed by atoms with Gasteiger partial charge in [-0.15, -0.1) is 13.2 Å². The number of benzene rings is 2. The van der Waals surface area contributed by atoms with Gasteiger partial charge in [0.25, 0.3) is 0 Å². The van der Waals surface area contributed by atoms with Gasteiger partial charge in [-0.05, 0) is 74.5 Å². The fraction of sp³-hybridized carbons (Fsp3) is 0.379. The van der Waals surface area contributed by atoms with Crippen LogP contribution in [0.25, 0.3) is 22.2 Å². The lowest BCUT2D eigenvalue weighted by Gasteiger charge is -2.29. The molecule has 0 radical (unpaired) electrons. The zero-order valence-corrected chi connectivity index (χ0v) is 22.0. The maximum absolute atomic E-state index is 12.7. The van der Waals surface area contributed by atoms with Crippen molar-refractivity contribution in [2.45, 2.75) is 44.6 Å². The summed E-state index contributed by atoms with van der Waals surface area (Å²) in [6.45, 7) is 1.34. The molecule has 10 heteroatoms. The minimum atomic E-state index is -4.76. The van der Waals surface area contributed by atoms with Crippen molar-refractivity contribution in [2.75, 3.05) is 30.9 Å². The Labute approximate surface area is 225 Å². The molecule has 1 aliphatic rings. The van der Waals surface area contributed by atoms with Crippen molar-refractivity contribution in [3.63, 3.8) is 0 Å². The molecule has 0 amide bonds. The van der Waals surface area contributed by atoms with Crippen LogP contribution in [0.1, 0.15) is 31.4 Å². The molecule has 4 aromatic rings. The monoisotopic (exact) mass is 539 g/mol. The highest BCUT2D eigenvalue weighted by Gasteiger charge is 2.32. The van der Waals surface area contributed by atoms with Crippen molar-refractivity contribution in [1.82, 2.24) is 15.3 Å². The lowest BCUT2D eigenvalue weighted by molar-refractivity contribution is -0.274. The number of aromatic nitrogens is 2. The van der Waals surface area contributed by atoms with Gasteiger partial charge in [-0.2, -0.15) is 4.98 Å². The van der Waals surface area contributed by atoms with Gasteiger partial charge in [-0.1, -0.05) is 24.3 Å². The molecule has 206 valence electrons. The van der Waals surface area contributed by atoms with Crippen LogP contribution in [0.15, 0.2) is 65.1 Å². The molecule has 2 heterocycles. The molecule has 0 aliphatic heterocycles. The molecule has 0 bridgehead atoms. The van der Waals surface area contributed by atoms with E-state index in [-0.39, 0.29) is 11.3 Å². The van der Waals surface area contributed by atoms with E-state index in [2.05, 4.69) is 15.4 Å². The SMILES string of the molecule is CN(C)c1nc(NC2CCC(CNCc3ccc(-c4ccccc4OC(F)(F)F)o3)CC2)nc2ccccc12. The van der Waals surface area contributed by atoms with E-state index in [9.17, 15) is 13.2 Å². The molecule has 0 atom stereocenters. The van der Waals surface area contributed by atoms with Crippen LogP contribution in [0.4, 0.5) is 24.9 Å². The normalized spacial score (nSPS) is 17.8. The molecule has 5 rings (SSSR count). The average molecular weight is 540 g/mol. The van der Waals surface area contributed by atoms with Gasteiger partial charge in [0.05, 0.1) is 17.6 Å². The number of hydrogen-bond acceptors (Lipinski definition) is 7. The summed E-state index contributed by atoms with van der Waals surface area (Å²) in [5.41, 5.74) is 1.19. The molecule has 0 saturated heterocycles. The van der Waals surface area contributed by atoms with Crippen LogP contribution >= 0.6 is 0 Å². The molecule has 1 aliphatic carbocycles. The molecule has 0 spiro atoms. The van der Waals surface area contributed by atoms with Crippen LogP contribution in [0.2, 0.25) is 0 Å². The van der Waals surface area contributed by atoms with E-state index in [0.717, 1.165) is 48.9 Å². The lowest BCUT2D eigenvalue weighted by Crippen LogP contribution is -2.31. The Balaban J connectivity index is 1.11. The highest BCUT2D eigenvalue weighted by atomic mass is 19.4. The molecular weight excluding hydrogens is 507 g/mol. The zero-order chi connectivity index (χ0) is 27.4. The number of nitrogens with one attached hydrogen (secondary N) is 2. The van der Waals surface area contributed by atoms with E-state index < -0.39 is 6.36 Å². The van der Waals surface area contributed by atoms with Crippen molar-refractivity contribution in [3.05, 3.63) is 66.4 Å².